The van der Waals surface area contributed by atoms with Gasteiger partial charge in [0.05, 0.1) is 22.4 Å². The fourth-order valence-electron chi connectivity index (χ4n) is 3.83. The molecule has 0 bridgehead atoms. The Morgan fingerprint density at radius 2 is 1.57 bits per heavy atom. The van der Waals surface area contributed by atoms with Gasteiger partial charge >= 0.3 is 0 Å². The van der Waals surface area contributed by atoms with Crippen molar-refractivity contribution in [1.82, 2.24) is 5.32 Å². The monoisotopic (exact) mass is 511 g/mol. The summed E-state index contributed by atoms with van der Waals surface area (Å²) in [7, 11) is 0. The van der Waals surface area contributed by atoms with Gasteiger partial charge in [-0.05, 0) is 66.8 Å². The predicted octanol–water partition coefficient (Wildman–Crippen LogP) is 5.48. The van der Waals surface area contributed by atoms with Crippen molar-refractivity contribution in [2.24, 2.45) is 0 Å². The summed E-state index contributed by atoms with van der Waals surface area (Å²) >= 11 is 5.27. The van der Waals surface area contributed by atoms with Crippen LogP contribution in [0.1, 0.15) is 5.76 Å². The van der Waals surface area contributed by atoms with Gasteiger partial charge in [0.15, 0.2) is 5.11 Å². The highest BCUT2D eigenvalue weighted by atomic mass is 32.1. The van der Waals surface area contributed by atoms with Gasteiger partial charge in [-0.3, -0.25) is 29.9 Å². The quantitative estimate of drug-likeness (QED) is 0.120. The van der Waals surface area contributed by atoms with Crippen molar-refractivity contribution in [1.29, 1.82) is 0 Å². The summed E-state index contributed by atoms with van der Waals surface area (Å²) in [6, 6.07) is 23.5. The molecule has 9 nitrogen and oxygen atoms in total. The Hall–Kier alpha value is -5.09. The number of ether oxygens (including phenoxy) is 1. The summed E-state index contributed by atoms with van der Waals surface area (Å²) < 4.78 is 11.3. The first-order valence-electron chi connectivity index (χ1n) is 11.0. The van der Waals surface area contributed by atoms with E-state index in [1.165, 1.54) is 29.4 Å². The van der Waals surface area contributed by atoms with Crippen LogP contribution in [0.2, 0.25) is 0 Å². The van der Waals surface area contributed by atoms with E-state index >= 15 is 0 Å². The molecule has 1 saturated heterocycles. The number of rotatable bonds is 6. The molecule has 1 aromatic heterocycles. The zero-order chi connectivity index (χ0) is 25.9. The molecule has 10 heteroatoms. The van der Waals surface area contributed by atoms with Crippen LogP contribution in [0, 0.1) is 10.1 Å². The molecule has 0 radical (unpaired) electrons. The van der Waals surface area contributed by atoms with Gasteiger partial charge in [0.25, 0.3) is 17.5 Å². The van der Waals surface area contributed by atoms with Crippen LogP contribution in [0.25, 0.3) is 17.2 Å². The first-order chi connectivity index (χ1) is 17.9. The highest BCUT2D eigenvalue weighted by Crippen LogP contribution is 2.34. The van der Waals surface area contributed by atoms with Crippen molar-refractivity contribution >= 4 is 46.6 Å². The molecule has 0 saturated carbocycles. The van der Waals surface area contributed by atoms with Crippen molar-refractivity contribution in [3.8, 4) is 22.6 Å². The number of anilines is 1. The Morgan fingerprint density at radius 1 is 0.892 bits per heavy atom. The van der Waals surface area contributed by atoms with Gasteiger partial charge in [0, 0.05) is 11.6 Å². The lowest BCUT2D eigenvalue weighted by Gasteiger charge is -2.28. The SMILES string of the molecule is O=C1NC(=S)N(c2ccc(Oc3ccccc3)cc2)C(=O)C1=Cc1occc1-c1ccccc1[N+](=O)[O-]. The Morgan fingerprint density at radius 3 is 2.30 bits per heavy atom. The summed E-state index contributed by atoms with van der Waals surface area (Å²) in [4.78, 5) is 38.3. The zero-order valence-electron chi connectivity index (χ0n) is 19.0. The smallest absolute Gasteiger partial charge is 0.277 e. The van der Waals surface area contributed by atoms with Gasteiger partial charge in [0.1, 0.15) is 22.8 Å². The molecule has 0 unspecified atom stereocenters. The van der Waals surface area contributed by atoms with Gasteiger partial charge in [0.2, 0.25) is 0 Å². The minimum atomic E-state index is -0.708. The minimum Gasteiger partial charge on any atom is -0.464 e. The first-order valence-corrected chi connectivity index (χ1v) is 11.4. The largest absolute Gasteiger partial charge is 0.464 e. The van der Waals surface area contributed by atoms with Crippen molar-refractivity contribution in [3.05, 3.63) is 113 Å². The van der Waals surface area contributed by atoms with E-state index in [1.807, 2.05) is 30.3 Å². The van der Waals surface area contributed by atoms with Crippen LogP contribution in [-0.2, 0) is 9.59 Å². The molecule has 3 aromatic carbocycles. The number of carbonyl (C=O) groups excluding carboxylic acids is 2. The van der Waals surface area contributed by atoms with E-state index < -0.39 is 16.7 Å². The summed E-state index contributed by atoms with van der Waals surface area (Å²) in [6.07, 6.45) is 2.59. The van der Waals surface area contributed by atoms with Crippen LogP contribution in [0.5, 0.6) is 11.5 Å². The number of para-hydroxylation sites is 2. The second-order valence-electron chi connectivity index (χ2n) is 7.84. The van der Waals surface area contributed by atoms with E-state index in [0.29, 0.717) is 22.7 Å². The Balaban J connectivity index is 1.46. The van der Waals surface area contributed by atoms with E-state index in [9.17, 15) is 19.7 Å². The predicted molar refractivity (Wildman–Crippen MR) is 140 cm³/mol. The third kappa shape index (κ3) is 4.73. The van der Waals surface area contributed by atoms with Gasteiger partial charge < -0.3 is 9.15 Å². The molecule has 1 fully saturated rings. The molecular formula is C27H17N3O6S. The number of thiocarbonyl (C=S) groups is 1. The van der Waals surface area contributed by atoms with Gasteiger partial charge in [-0.15, -0.1) is 0 Å². The fraction of sp³-hybridized carbons (Fsp3) is 0. The van der Waals surface area contributed by atoms with Gasteiger partial charge in [-0.25, -0.2) is 0 Å². The molecule has 0 aliphatic carbocycles. The molecule has 2 amide bonds. The highest BCUT2D eigenvalue weighted by Gasteiger charge is 2.35. The van der Waals surface area contributed by atoms with Crippen molar-refractivity contribution < 1.29 is 23.7 Å². The third-order valence-electron chi connectivity index (χ3n) is 5.54. The van der Waals surface area contributed by atoms with E-state index in [-0.39, 0.29) is 27.7 Å². The Bertz CT molecular complexity index is 1560. The Kier molecular flexibility index (Phi) is 6.31. The number of nitro benzene ring substituents is 1. The summed E-state index contributed by atoms with van der Waals surface area (Å²) in [5.41, 5.74) is 0.692. The average molecular weight is 512 g/mol. The maximum absolute atomic E-state index is 13.4. The first kappa shape index (κ1) is 23.6. The maximum atomic E-state index is 13.4. The van der Waals surface area contributed by atoms with Crippen LogP contribution >= 0.6 is 12.2 Å². The minimum absolute atomic E-state index is 0.0813. The molecule has 1 aliphatic heterocycles. The van der Waals surface area contributed by atoms with Gasteiger partial charge in [-0.1, -0.05) is 30.3 Å². The highest BCUT2D eigenvalue weighted by molar-refractivity contribution is 7.80. The second-order valence-corrected chi connectivity index (χ2v) is 8.23. The topological polar surface area (TPSA) is 115 Å². The molecular weight excluding hydrogens is 494 g/mol. The maximum Gasteiger partial charge on any atom is 0.277 e. The average Bonchev–Trinajstić information content (AvgIpc) is 3.36. The number of nitro groups is 1. The van der Waals surface area contributed by atoms with E-state index in [1.54, 1.807) is 42.5 Å². The lowest BCUT2D eigenvalue weighted by atomic mass is 10.0. The molecule has 182 valence electrons. The van der Waals surface area contributed by atoms with Crippen LogP contribution in [-0.4, -0.2) is 21.9 Å². The number of benzene rings is 3. The fourth-order valence-corrected chi connectivity index (χ4v) is 4.11. The lowest BCUT2D eigenvalue weighted by molar-refractivity contribution is -0.384. The van der Waals surface area contributed by atoms with E-state index in [0.717, 1.165) is 0 Å². The summed E-state index contributed by atoms with van der Waals surface area (Å²) in [6.45, 7) is 0. The standard InChI is InChI=1S/C27H17N3O6S/c31-25-22(16-24-21(14-15-35-24)20-8-4-5-9-23(20)30(33)34)26(32)29(27(37)28-25)17-10-12-19(13-11-17)36-18-6-2-1-3-7-18/h1-16H,(H,28,31,37). The van der Waals surface area contributed by atoms with Crippen LogP contribution in [0.3, 0.4) is 0 Å². The lowest BCUT2D eigenvalue weighted by Crippen LogP contribution is -2.54. The summed E-state index contributed by atoms with van der Waals surface area (Å²) in [5.74, 6) is -0.0530. The van der Waals surface area contributed by atoms with Gasteiger partial charge in [-0.2, -0.15) is 0 Å². The molecule has 1 aliphatic rings. The number of nitrogens with one attached hydrogen (secondary N) is 1. The number of amides is 2. The van der Waals surface area contributed by atoms with Crippen molar-refractivity contribution in [2.75, 3.05) is 4.90 Å². The number of hydrogen-bond donors (Lipinski definition) is 1. The molecule has 1 N–H and O–H groups in total. The Labute approximate surface area is 215 Å². The second kappa shape index (κ2) is 9.88. The van der Waals surface area contributed by atoms with E-state index in [2.05, 4.69) is 5.32 Å². The van der Waals surface area contributed by atoms with Crippen molar-refractivity contribution in [3.63, 3.8) is 0 Å². The molecule has 5 rings (SSSR count). The number of nitrogens with zero attached hydrogens (tertiary/aromatic N) is 2. The number of hydrogen-bond acceptors (Lipinski definition) is 7. The third-order valence-corrected chi connectivity index (χ3v) is 5.82. The normalized spacial score (nSPS) is 14.5. The summed E-state index contributed by atoms with van der Waals surface area (Å²) in [5, 5.41) is 13.9. The number of carbonyl (C=O) groups is 2. The molecule has 2 heterocycles. The van der Waals surface area contributed by atoms with Crippen LogP contribution in [0.15, 0.2) is 101 Å². The van der Waals surface area contributed by atoms with Crippen LogP contribution in [0.4, 0.5) is 11.4 Å². The van der Waals surface area contributed by atoms with Crippen molar-refractivity contribution in [2.45, 2.75) is 0 Å². The van der Waals surface area contributed by atoms with Crippen LogP contribution < -0.4 is 15.0 Å². The van der Waals surface area contributed by atoms with E-state index in [4.69, 9.17) is 21.4 Å². The molecule has 0 spiro atoms. The molecule has 0 atom stereocenters. The number of furan rings is 1. The zero-order valence-corrected chi connectivity index (χ0v) is 19.8. The molecule has 4 aromatic rings. The molecule has 37 heavy (non-hydrogen) atoms.